The quantitative estimate of drug-likeness (QED) is 0.765. The van der Waals surface area contributed by atoms with Gasteiger partial charge in [-0.15, -0.1) is 0 Å². The van der Waals surface area contributed by atoms with Crippen molar-refractivity contribution in [1.29, 1.82) is 0 Å². The average Bonchev–Trinajstić information content (AvgIpc) is 3.52. The number of rotatable bonds is 7. The summed E-state index contributed by atoms with van der Waals surface area (Å²) < 4.78 is 11.1. The summed E-state index contributed by atoms with van der Waals surface area (Å²) in [7, 11) is 3.20. The van der Waals surface area contributed by atoms with Crippen molar-refractivity contribution in [2.24, 2.45) is 11.8 Å². The lowest BCUT2D eigenvalue weighted by Gasteiger charge is -2.21. The second-order valence-corrected chi connectivity index (χ2v) is 8.06. The van der Waals surface area contributed by atoms with Crippen LogP contribution in [0, 0.1) is 11.8 Å². The van der Waals surface area contributed by atoms with E-state index >= 15 is 0 Å². The Bertz CT molecular complexity index is 911. The zero-order chi connectivity index (χ0) is 21.1. The largest absolute Gasteiger partial charge is 0.493 e. The van der Waals surface area contributed by atoms with Gasteiger partial charge in [0.1, 0.15) is 0 Å². The standard InChI is InChI=1S/C24H28N2O4/c1-29-21-10-6-9-18(22(21)30-2)19-14-26(24(28)17-7-4-3-5-8-17)15-20(19)23(27)25-13-16-11-12-16/h3-10,16,19-20H,11-15H2,1-2H3,(H,25,27). The van der Waals surface area contributed by atoms with Gasteiger partial charge >= 0.3 is 0 Å². The van der Waals surface area contributed by atoms with Gasteiger partial charge in [0.25, 0.3) is 5.91 Å². The topological polar surface area (TPSA) is 67.9 Å². The molecule has 1 N–H and O–H groups in total. The fraction of sp³-hybridized carbons (Fsp3) is 0.417. The molecule has 1 heterocycles. The van der Waals surface area contributed by atoms with Crippen molar-refractivity contribution in [3.63, 3.8) is 0 Å². The van der Waals surface area contributed by atoms with Crippen molar-refractivity contribution in [3.05, 3.63) is 59.7 Å². The molecule has 2 aromatic carbocycles. The third-order valence-electron chi connectivity index (χ3n) is 6.06. The van der Waals surface area contributed by atoms with Gasteiger partial charge in [-0.3, -0.25) is 9.59 Å². The maximum Gasteiger partial charge on any atom is 0.253 e. The molecule has 0 aromatic heterocycles. The summed E-state index contributed by atoms with van der Waals surface area (Å²) in [5.74, 6) is 1.29. The van der Waals surface area contributed by atoms with E-state index < -0.39 is 0 Å². The van der Waals surface area contributed by atoms with Crippen molar-refractivity contribution in [1.82, 2.24) is 10.2 Å². The van der Waals surface area contributed by atoms with Gasteiger partial charge < -0.3 is 19.7 Å². The van der Waals surface area contributed by atoms with Crippen molar-refractivity contribution in [2.75, 3.05) is 33.9 Å². The molecule has 2 atom stereocenters. The van der Waals surface area contributed by atoms with Crippen LogP contribution in [0.15, 0.2) is 48.5 Å². The Balaban J connectivity index is 1.63. The lowest BCUT2D eigenvalue weighted by atomic mass is 9.87. The van der Waals surface area contributed by atoms with Crippen molar-refractivity contribution < 1.29 is 19.1 Å². The first-order valence-corrected chi connectivity index (χ1v) is 10.4. The van der Waals surface area contributed by atoms with E-state index in [0.29, 0.717) is 42.6 Å². The van der Waals surface area contributed by atoms with E-state index in [1.54, 1.807) is 19.1 Å². The van der Waals surface area contributed by atoms with E-state index in [2.05, 4.69) is 5.32 Å². The summed E-state index contributed by atoms with van der Waals surface area (Å²) in [5, 5.41) is 3.10. The molecule has 1 saturated carbocycles. The van der Waals surface area contributed by atoms with Crippen LogP contribution in [0.25, 0.3) is 0 Å². The van der Waals surface area contributed by atoms with E-state index in [1.807, 2.05) is 48.5 Å². The molecule has 0 bridgehead atoms. The lowest BCUT2D eigenvalue weighted by molar-refractivity contribution is -0.125. The molecule has 1 saturated heterocycles. The van der Waals surface area contributed by atoms with Crippen LogP contribution in [0.3, 0.4) is 0 Å². The van der Waals surface area contributed by atoms with Gasteiger partial charge in [0.05, 0.1) is 20.1 Å². The molecule has 2 aliphatic rings. The molecule has 30 heavy (non-hydrogen) atoms. The zero-order valence-electron chi connectivity index (χ0n) is 17.5. The van der Waals surface area contributed by atoms with Gasteiger partial charge in [-0.05, 0) is 37.0 Å². The number of ether oxygens (including phenoxy) is 2. The van der Waals surface area contributed by atoms with Crippen molar-refractivity contribution in [2.45, 2.75) is 18.8 Å². The Morgan fingerprint density at radius 2 is 1.77 bits per heavy atom. The summed E-state index contributed by atoms with van der Waals surface area (Å²) in [6.07, 6.45) is 2.35. The number of methoxy groups -OCH3 is 2. The highest BCUT2D eigenvalue weighted by Gasteiger charge is 2.42. The predicted molar refractivity (Wildman–Crippen MR) is 114 cm³/mol. The number of carbonyl (C=O) groups is 2. The Labute approximate surface area is 177 Å². The van der Waals surface area contributed by atoms with Gasteiger partial charge in [-0.2, -0.15) is 0 Å². The smallest absolute Gasteiger partial charge is 0.253 e. The molecule has 2 fully saturated rings. The summed E-state index contributed by atoms with van der Waals surface area (Å²) in [4.78, 5) is 28.0. The van der Waals surface area contributed by atoms with E-state index in [0.717, 1.165) is 5.56 Å². The summed E-state index contributed by atoms with van der Waals surface area (Å²) in [6, 6.07) is 14.9. The molecule has 0 spiro atoms. The number of benzene rings is 2. The summed E-state index contributed by atoms with van der Waals surface area (Å²) in [6.45, 7) is 1.55. The molecule has 1 aliphatic carbocycles. The minimum atomic E-state index is -0.336. The molecule has 0 radical (unpaired) electrons. The average molecular weight is 408 g/mol. The molecule has 1 aliphatic heterocycles. The molecule has 6 nitrogen and oxygen atoms in total. The third kappa shape index (κ3) is 4.13. The predicted octanol–water partition coefficient (Wildman–Crippen LogP) is 3.09. The van der Waals surface area contributed by atoms with Crippen LogP contribution >= 0.6 is 0 Å². The Morgan fingerprint density at radius 3 is 2.43 bits per heavy atom. The Kier molecular flexibility index (Phi) is 5.93. The van der Waals surface area contributed by atoms with Crippen LogP contribution in [-0.2, 0) is 4.79 Å². The number of carbonyl (C=O) groups excluding carboxylic acids is 2. The van der Waals surface area contributed by atoms with Gasteiger partial charge in [0.15, 0.2) is 11.5 Å². The van der Waals surface area contributed by atoms with E-state index in [-0.39, 0.29) is 23.7 Å². The zero-order valence-corrected chi connectivity index (χ0v) is 17.5. The molecule has 2 unspecified atom stereocenters. The first-order chi connectivity index (χ1) is 14.6. The number of nitrogens with zero attached hydrogens (tertiary/aromatic N) is 1. The van der Waals surface area contributed by atoms with Gasteiger partial charge in [0, 0.05) is 36.7 Å². The van der Waals surface area contributed by atoms with E-state index in [1.165, 1.54) is 12.8 Å². The maximum atomic E-state index is 13.1. The van der Waals surface area contributed by atoms with Crippen LogP contribution in [0.1, 0.15) is 34.7 Å². The summed E-state index contributed by atoms with van der Waals surface area (Å²) in [5.41, 5.74) is 1.53. The minimum absolute atomic E-state index is 0.000125. The SMILES string of the molecule is COc1cccc(C2CN(C(=O)c3ccccc3)CC2C(=O)NCC2CC2)c1OC. The number of hydrogen-bond donors (Lipinski definition) is 1. The highest BCUT2D eigenvalue weighted by atomic mass is 16.5. The van der Waals surface area contributed by atoms with Crippen molar-refractivity contribution in [3.8, 4) is 11.5 Å². The van der Waals surface area contributed by atoms with E-state index in [4.69, 9.17) is 9.47 Å². The highest BCUT2D eigenvalue weighted by Crippen LogP contribution is 2.42. The minimum Gasteiger partial charge on any atom is -0.493 e. The van der Waals surface area contributed by atoms with Crippen LogP contribution in [-0.4, -0.2) is 50.6 Å². The molecule has 4 rings (SSSR count). The Morgan fingerprint density at radius 1 is 1.00 bits per heavy atom. The summed E-state index contributed by atoms with van der Waals surface area (Å²) >= 11 is 0. The number of nitrogens with one attached hydrogen (secondary N) is 1. The molecule has 6 heteroatoms. The lowest BCUT2D eigenvalue weighted by Crippen LogP contribution is -2.36. The molecule has 158 valence electrons. The molecule has 2 aromatic rings. The van der Waals surface area contributed by atoms with Crippen LogP contribution < -0.4 is 14.8 Å². The molecular formula is C24H28N2O4. The Hall–Kier alpha value is -3.02. The van der Waals surface area contributed by atoms with Crippen molar-refractivity contribution >= 4 is 11.8 Å². The normalized spacial score (nSPS) is 20.7. The first kappa shape index (κ1) is 20.3. The number of likely N-dealkylation sites (tertiary alicyclic amines) is 1. The van der Waals surface area contributed by atoms with Crippen LogP contribution in [0.4, 0.5) is 0 Å². The first-order valence-electron chi connectivity index (χ1n) is 10.4. The number of para-hydroxylation sites is 1. The van der Waals surface area contributed by atoms with Gasteiger partial charge in [0.2, 0.25) is 5.91 Å². The monoisotopic (exact) mass is 408 g/mol. The third-order valence-corrected chi connectivity index (χ3v) is 6.06. The second kappa shape index (κ2) is 8.78. The van der Waals surface area contributed by atoms with Gasteiger partial charge in [-0.25, -0.2) is 0 Å². The highest BCUT2D eigenvalue weighted by molar-refractivity contribution is 5.95. The van der Waals surface area contributed by atoms with Crippen LogP contribution in [0.5, 0.6) is 11.5 Å². The maximum absolute atomic E-state index is 13.1. The van der Waals surface area contributed by atoms with E-state index in [9.17, 15) is 9.59 Å². The second-order valence-electron chi connectivity index (χ2n) is 8.06. The number of hydrogen-bond acceptors (Lipinski definition) is 4. The molecule has 2 amide bonds. The fourth-order valence-corrected chi connectivity index (χ4v) is 4.22. The fourth-order valence-electron chi connectivity index (χ4n) is 4.22. The van der Waals surface area contributed by atoms with Crippen LogP contribution in [0.2, 0.25) is 0 Å². The number of amides is 2. The molecular weight excluding hydrogens is 380 g/mol. The van der Waals surface area contributed by atoms with Gasteiger partial charge in [-0.1, -0.05) is 30.3 Å².